The van der Waals surface area contributed by atoms with Crippen molar-refractivity contribution in [3.63, 3.8) is 0 Å². The Bertz CT molecular complexity index is 342. The minimum Gasteiger partial charge on any atom is -0.480 e. The van der Waals surface area contributed by atoms with Gasteiger partial charge in [0.05, 0.1) is 0 Å². The molecule has 0 aliphatic carbocycles. The van der Waals surface area contributed by atoms with Gasteiger partial charge in [-0.05, 0) is 24.8 Å². The fraction of sp³-hybridized carbons (Fsp3) is 0.857. The van der Waals surface area contributed by atoms with Crippen LogP contribution in [-0.2, 0) is 9.59 Å². The molecule has 0 saturated carbocycles. The second-order valence-electron chi connectivity index (χ2n) is 6.07. The van der Waals surface area contributed by atoms with E-state index in [4.69, 9.17) is 0 Å². The minimum atomic E-state index is -0.895. The molecular weight excluding hydrogens is 244 g/mol. The Morgan fingerprint density at radius 1 is 1.47 bits per heavy atom. The van der Waals surface area contributed by atoms with E-state index in [0.29, 0.717) is 13.1 Å². The molecule has 1 rings (SSSR count). The highest BCUT2D eigenvalue weighted by Gasteiger charge is 2.45. The van der Waals surface area contributed by atoms with Crippen LogP contribution in [0.4, 0.5) is 0 Å². The maximum atomic E-state index is 12.4. The molecule has 0 spiro atoms. The number of nitrogens with zero attached hydrogens (tertiary/aromatic N) is 1. The van der Waals surface area contributed by atoms with Crippen LogP contribution in [0.5, 0.6) is 0 Å². The lowest BCUT2D eigenvalue weighted by Crippen LogP contribution is -2.58. The van der Waals surface area contributed by atoms with Gasteiger partial charge in [-0.3, -0.25) is 4.79 Å². The molecule has 0 bridgehead atoms. The molecule has 1 fully saturated rings. The average Bonchev–Trinajstić information content (AvgIpc) is 2.32. The van der Waals surface area contributed by atoms with Crippen molar-refractivity contribution in [2.75, 3.05) is 19.6 Å². The predicted molar refractivity (Wildman–Crippen MR) is 73.9 cm³/mol. The number of carbonyl (C=O) groups is 2. The van der Waals surface area contributed by atoms with Gasteiger partial charge in [0.2, 0.25) is 5.91 Å². The molecule has 1 amide bonds. The van der Waals surface area contributed by atoms with Crippen LogP contribution in [0.3, 0.4) is 0 Å². The summed E-state index contributed by atoms with van der Waals surface area (Å²) in [5, 5.41) is 12.6. The van der Waals surface area contributed by atoms with Crippen LogP contribution in [0.1, 0.15) is 40.5 Å². The summed E-state index contributed by atoms with van der Waals surface area (Å²) in [6.45, 7) is 9.66. The molecule has 5 heteroatoms. The highest BCUT2D eigenvalue weighted by Crippen LogP contribution is 2.35. The van der Waals surface area contributed by atoms with Crippen molar-refractivity contribution in [3.8, 4) is 0 Å². The van der Waals surface area contributed by atoms with E-state index in [2.05, 4.69) is 5.32 Å². The highest BCUT2D eigenvalue weighted by atomic mass is 16.4. The summed E-state index contributed by atoms with van der Waals surface area (Å²) < 4.78 is 0. The molecule has 5 nitrogen and oxygen atoms in total. The molecule has 0 aromatic rings. The number of aliphatic carboxylic acids is 1. The monoisotopic (exact) mass is 270 g/mol. The Balaban J connectivity index is 2.83. The van der Waals surface area contributed by atoms with Gasteiger partial charge in [-0.15, -0.1) is 0 Å². The van der Waals surface area contributed by atoms with Gasteiger partial charge < -0.3 is 15.3 Å². The topological polar surface area (TPSA) is 69.6 Å². The average molecular weight is 270 g/mol. The molecule has 110 valence electrons. The largest absolute Gasteiger partial charge is 0.480 e. The van der Waals surface area contributed by atoms with Crippen molar-refractivity contribution in [3.05, 3.63) is 0 Å². The summed E-state index contributed by atoms with van der Waals surface area (Å²) in [4.78, 5) is 25.5. The third-order valence-corrected chi connectivity index (χ3v) is 3.91. The lowest BCUT2D eigenvalue weighted by Gasteiger charge is -2.44. The normalized spacial score (nSPS) is 24.0. The summed E-state index contributed by atoms with van der Waals surface area (Å²) in [6.07, 6.45) is 1.71. The van der Waals surface area contributed by atoms with Gasteiger partial charge in [-0.1, -0.05) is 27.7 Å². The smallest absolute Gasteiger partial charge is 0.326 e. The summed E-state index contributed by atoms with van der Waals surface area (Å²) in [7, 11) is 0. The summed E-state index contributed by atoms with van der Waals surface area (Å²) >= 11 is 0. The first-order valence-corrected chi connectivity index (χ1v) is 7.05. The second-order valence-corrected chi connectivity index (χ2v) is 6.07. The lowest BCUT2D eigenvalue weighted by atomic mass is 9.76. The molecule has 1 aliphatic heterocycles. The SMILES string of the molecule is CCNCC(C)C(=O)N1CCCC(C)(C)C1C(=O)O. The Morgan fingerprint density at radius 3 is 2.63 bits per heavy atom. The van der Waals surface area contributed by atoms with Gasteiger partial charge >= 0.3 is 5.97 Å². The zero-order chi connectivity index (χ0) is 14.6. The van der Waals surface area contributed by atoms with E-state index in [0.717, 1.165) is 19.4 Å². The van der Waals surface area contributed by atoms with Crippen molar-refractivity contribution >= 4 is 11.9 Å². The molecule has 19 heavy (non-hydrogen) atoms. The Labute approximate surface area is 115 Å². The lowest BCUT2D eigenvalue weighted by molar-refractivity contribution is -0.160. The van der Waals surface area contributed by atoms with E-state index in [-0.39, 0.29) is 17.2 Å². The quantitative estimate of drug-likeness (QED) is 0.791. The van der Waals surface area contributed by atoms with Crippen LogP contribution >= 0.6 is 0 Å². The Hall–Kier alpha value is -1.10. The molecule has 1 heterocycles. The van der Waals surface area contributed by atoms with Gasteiger partial charge in [-0.25, -0.2) is 4.79 Å². The first-order valence-electron chi connectivity index (χ1n) is 7.05. The van der Waals surface area contributed by atoms with Crippen molar-refractivity contribution < 1.29 is 14.7 Å². The van der Waals surface area contributed by atoms with E-state index in [9.17, 15) is 14.7 Å². The van der Waals surface area contributed by atoms with Gasteiger partial charge in [0.15, 0.2) is 0 Å². The van der Waals surface area contributed by atoms with Gasteiger partial charge in [0.1, 0.15) is 6.04 Å². The van der Waals surface area contributed by atoms with E-state index in [1.54, 1.807) is 4.90 Å². The van der Waals surface area contributed by atoms with Crippen molar-refractivity contribution in [1.29, 1.82) is 0 Å². The van der Waals surface area contributed by atoms with E-state index < -0.39 is 12.0 Å². The fourth-order valence-corrected chi connectivity index (χ4v) is 2.83. The molecule has 0 radical (unpaired) electrons. The summed E-state index contributed by atoms with van der Waals surface area (Å²) in [6, 6.07) is -0.710. The number of piperidine rings is 1. The number of amides is 1. The molecule has 0 aromatic carbocycles. The van der Waals surface area contributed by atoms with Crippen LogP contribution in [0.25, 0.3) is 0 Å². The molecule has 2 atom stereocenters. The molecule has 2 unspecified atom stereocenters. The summed E-state index contributed by atoms with van der Waals surface area (Å²) in [5.41, 5.74) is -0.363. The maximum Gasteiger partial charge on any atom is 0.326 e. The number of carboxylic acid groups (broad SMARTS) is 1. The Morgan fingerprint density at radius 2 is 2.11 bits per heavy atom. The molecular formula is C14H26N2O3. The molecule has 0 aromatic heterocycles. The zero-order valence-corrected chi connectivity index (χ0v) is 12.4. The zero-order valence-electron chi connectivity index (χ0n) is 12.4. The molecule has 1 aliphatic rings. The van der Waals surface area contributed by atoms with E-state index in [1.165, 1.54) is 0 Å². The second kappa shape index (κ2) is 6.37. The van der Waals surface area contributed by atoms with Gasteiger partial charge in [0, 0.05) is 19.0 Å². The first kappa shape index (κ1) is 16.0. The number of rotatable bonds is 5. The van der Waals surface area contributed by atoms with Crippen LogP contribution in [-0.4, -0.2) is 47.6 Å². The standard InChI is InChI=1S/C14H26N2O3/c1-5-15-9-10(2)12(17)16-8-6-7-14(3,4)11(16)13(18)19/h10-11,15H,5-9H2,1-4H3,(H,18,19). The number of carbonyl (C=O) groups excluding carboxylic acids is 1. The molecule has 1 saturated heterocycles. The minimum absolute atomic E-state index is 0.0545. The third kappa shape index (κ3) is 3.69. The van der Waals surface area contributed by atoms with Crippen molar-refractivity contribution in [2.45, 2.75) is 46.6 Å². The van der Waals surface area contributed by atoms with Crippen LogP contribution in [0.2, 0.25) is 0 Å². The first-order chi connectivity index (χ1) is 8.81. The van der Waals surface area contributed by atoms with Crippen molar-refractivity contribution in [1.82, 2.24) is 10.2 Å². The number of likely N-dealkylation sites (tertiary alicyclic amines) is 1. The number of hydrogen-bond acceptors (Lipinski definition) is 3. The Kier molecular flexibility index (Phi) is 5.35. The van der Waals surface area contributed by atoms with Crippen LogP contribution < -0.4 is 5.32 Å². The predicted octanol–water partition coefficient (Wildman–Crippen LogP) is 1.33. The van der Waals surface area contributed by atoms with E-state index >= 15 is 0 Å². The third-order valence-electron chi connectivity index (χ3n) is 3.91. The fourth-order valence-electron chi connectivity index (χ4n) is 2.83. The van der Waals surface area contributed by atoms with E-state index in [1.807, 2.05) is 27.7 Å². The number of carboxylic acids is 1. The number of hydrogen-bond donors (Lipinski definition) is 2. The highest BCUT2D eigenvalue weighted by molar-refractivity contribution is 5.85. The van der Waals surface area contributed by atoms with Crippen LogP contribution in [0.15, 0.2) is 0 Å². The van der Waals surface area contributed by atoms with Crippen molar-refractivity contribution in [2.24, 2.45) is 11.3 Å². The maximum absolute atomic E-state index is 12.4. The number of nitrogens with one attached hydrogen (secondary N) is 1. The van der Waals surface area contributed by atoms with Crippen LogP contribution in [0, 0.1) is 11.3 Å². The van der Waals surface area contributed by atoms with Gasteiger partial charge in [0.25, 0.3) is 0 Å². The summed E-state index contributed by atoms with van der Waals surface area (Å²) in [5.74, 6) is -1.13. The molecule has 2 N–H and O–H groups in total. The van der Waals surface area contributed by atoms with Gasteiger partial charge in [-0.2, -0.15) is 0 Å².